The number of aromatic nitrogens is 3. The molecule has 0 radical (unpaired) electrons. The van der Waals surface area contributed by atoms with E-state index in [1.54, 1.807) is 17.0 Å². The number of hydrogen-bond donors (Lipinski definition) is 0. The highest BCUT2D eigenvalue weighted by atomic mass is 32.1. The zero-order chi connectivity index (χ0) is 20.4. The van der Waals surface area contributed by atoms with Gasteiger partial charge in [-0.15, -0.1) is 0 Å². The minimum Gasteiger partial charge on any atom is -0.492 e. The van der Waals surface area contributed by atoms with E-state index in [1.807, 2.05) is 49.7 Å². The normalized spacial score (nSPS) is 11.1. The van der Waals surface area contributed by atoms with Crippen molar-refractivity contribution in [3.8, 4) is 5.75 Å². The van der Waals surface area contributed by atoms with Gasteiger partial charge in [0, 0.05) is 12.2 Å². The number of rotatable bonds is 7. The van der Waals surface area contributed by atoms with Crippen LogP contribution in [0.4, 0.5) is 5.13 Å². The van der Waals surface area contributed by atoms with Crippen LogP contribution in [0.3, 0.4) is 0 Å². The highest BCUT2D eigenvalue weighted by Gasteiger charge is 2.24. The lowest BCUT2D eigenvalue weighted by atomic mass is 10.3. The van der Waals surface area contributed by atoms with Gasteiger partial charge in [-0.2, -0.15) is 5.10 Å². The molecule has 0 aliphatic carbocycles. The zero-order valence-electron chi connectivity index (χ0n) is 16.6. The topological polar surface area (TPSA) is 73.4 Å². The van der Waals surface area contributed by atoms with Crippen molar-refractivity contribution in [1.82, 2.24) is 14.8 Å². The summed E-state index contributed by atoms with van der Waals surface area (Å²) < 4.78 is 13.9. The predicted octanol–water partition coefficient (Wildman–Crippen LogP) is 4.45. The van der Waals surface area contributed by atoms with E-state index < -0.39 is 0 Å². The Morgan fingerprint density at radius 1 is 1.28 bits per heavy atom. The van der Waals surface area contributed by atoms with Gasteiger partial charge in [0.05, 0.1) is 29.8 Å². The number of ether oxygens (including phenoxy) is 1. The Morgan fingerprint density at radius 2 is 2.14 bits per heavy atom. The van der Waals surface area contributed by atoms with E-state index >= 15 is 0 Å². The molecule has 3 aromatic heterocycles. The first kappa shape index (κ1) is 19.2. The number of carbonyl (C=O) groups is 1. The third kappa shape index (κ3) is 3.88. The third-order valence-electron chi connectivity index (χ3n) is 4.52. The van der Waals surface area contributed by atoms with Crippen LogP contribution in [0, 0.1) is 13.8 Å². The van der Waals surface area contributed by atoms with Crippen LogP contribution in [0.15, 0.2) is 47.1 Å². The number of furan rings is 1. The van der Waals surface area contributed by atoms with Gasteiger partial charge in [-0.25, -0.2) is 4.98 Å². The van der Waals surface area contributed by atoms with Crippen molar-refractivity contribution in [1.29, 1.82) is 0 Å². The molecule has 29 heavy (non-hydrogen) atoms. The van der Waals surface area contributed by atoms with Crippen LogP contribution < -0.4 is 9.64 Å². The summed E-state index contributed by atoms with van der Waals surface area (Å²) in [6.45, 7) is 7.43. The zero-order valence-corrected chi connectivity index (χ0v) is 17.4. The molecule has 0 spiro atoms. The number of aryl methyl sites for hydroxylation is 2. The van der Waals surface area contributed by atoms with Crippen LogP contribution in [0.5, 0.6) is 5.75 Å². The maximum Gasteiger partial charge on any atom is 0.295 e. The lowest BCUT2D eigenvalue weighted by Crippen LogP contribution is -2.34. The van der Waals surface area contributed by atoms with Crippen molar-refractivity contribution in [3.05, 3.63) is 59.8 Å². The fraction of sp³-hybridized carbons (Fsp3) is 0.286. The van der Waals surface area contributed by atoms with E-state index in [1.165, 1.54) is 17.6 Å². The molecule has 4 aromatic rings. The molecule has 0 aliphatic rings. The fourth-order valence-corrected chi connectivity index (χ4v) is 4.22. The Labute approximate surface area is 172 Å². The van der Waals surface area contributed by atoms with Crippen LogP contribution in [-0.4, -0.2) is 33.8 Å². The molecule has 1 amide bonds. The molecule has 0 fully saturated rings. The summed E-state index contributed by atoms with van der Waals surface area (Å²) in [5.74, 6) is 0.771. The maximum atomic E-state index is 13.1. The molecule has 0 unspecified atom stereocenters. The van der Waals surface area contributed by atoms with Gasteiger partial charge in [-0.05, 0) is 51.1 Å². The number of amides is 1. The van der Waals surface area contributed by atoms with E-state index in [2.05, 4.69) is 5.10 Å². The van der Waals surface area contributed by atoms with Gasteiger partial charge in [0.25, 0.3) is 5.91 Å². The molecule has 1 aromatic carbocycles. The minimum atomic E-state index is -0.228. The summed E-state index contributed by atoms with van der Waals surface area (Å²) >= 11 is 1.46. The first-order valence-electron chi connectivity index (χ1n) is 9.45. The van der Waals surface area contributed by atoms with Gasteiger partial charge >= 0.3 is 0 Å². The fourth-order valence-electron chi connectivity index (χ4n) is 3.21. The quantitative estimate of drug-likeness (QED) is 0.450. The second-order valence-electron chi connectivity index (χ2n) is 6.62. The summed E-state index contributed by atoms with van der Waals surface area (Å²) in [6, 6.07) is 11.2. The molecular formula is C21H22N4O3S. The smallest absolute Gasteiger partial charge is 0.295 e. The number of para-hydroxylation sites is 1. The second-order valence-corrected chi connectivity index (χ2v) is 7.63. The molecule has 0 bridgehead atoms. The molecule has 0 N–H and O–H groups in total. The number of thiazole rings is 1. The second kappa shape index (κ2) is 8.08. The lowest BCUT2D eigenvalue weighted by Gasteiger charge is -2.19. The van der Waals surface area contributed by atoms with Crippen LogP contribution in [0.1, 0.15) is 28.9 Å². The Bertz CT molecular complexity index is 1130. The van der Waals surface area contributed by atoms with Crippen LogP contribution in [0.2, 0.25) is 0 Å². The number of carbonyl (C=O) groups excluding carboxylic acids is 1. The first-order valence-corrected chi connectivity index (χ1v) is 10.3. The number of nitrogens with zero attached hydrogens (tertiary/aromatic N) is 4. The summed E-state index contributed by atoms with van der Waals surface area (Å²) in [5.41, 5.74) is 2.77. The lowest BCUT2D eigenvalue weighted by molar-refractivity contribution is 0.0959. The SMILES string of the molecule is CCOc1cccc2sc(N(CCn3nc(C)cc3C)C(=O)c3ccco3)nc12. The van der Waals surface area contributed by atoms with Crippen molar-refractivity contribution in [3.63, 3.8) is 0 Å². The standard InChI is InChI=1S/C21H22N4O3S/c1-4-27-16-7-5-9-18-19(16)22-21(29-18)24(20(26)17-8-6-12-28-17)10-11-25-15(3)13-14(2)23-25/h5-9,12-13H,4,10-11H2,1-3H3. The summed E-state index contributed by atoms with van der Waals surface area (Å²) in [4.78, 5) is 19.5. The highest BCUT2D eigenvalue weighted by molar-refractivity contribution is 7.22. The monoisotopic (exact) mass is 410 g/mol. The van der Waals surface area contributed by atoms with Crippen molar-refractivity contribution in [2.45, 2.75) is 27.3 Å². The molecule has 0 aliphatic heterocycles. The van der Waals surface area contributed by atoms with Gasteiger partial charge in [-0.1, -0.05) is 17.4 Å². The predicted molar refractivity (Wildman–Crippen MR) is 113 cm³/mol. The van der Waals surface area contributed by atoms with Crippen molar-refractivity contribution in [2.24, 2.45) is 0 Å². The van der Waals surface area contributed by atoms with E-state index in [9.17, 15) is 4.79 Å². The van der Waals surface area contributed by atoms with Crippen molar-refractivity contribution in [2.75, 3.05) is 18.1 Å². The van der Waals surface area contributed by atoms with E-state index in [0.717, 1.165) is 27.4 Å². The first-order chi connectivity index (χ1) is 14.1. The van der Waals surface area contributed by atoms with E-state index in [4.69, 9.17) is 14.1 Å². The van der Waals surface area contributed by atoms with Crippen LogP contribution in [-0.2, 0) is 6.54 Å². The summed E-state index contributed by atoms with van der Waals surface area (Å²) in [5, 5.41) is 5.10. The Hall–Kier alpha value is -3.13. The largest absolute Gasteiger partial charge is 0.492 e. The average Bonchev–Trinajstić information content (AvgIpc) is 3.43. The Balaban J connectivity index is 1.69. The Kier molecular flexibility index (Phi) is 5.35. The van der Waals surface area contributed by atoms with Crippen molar-refractivity contribution < 1.29 is 13.9 Å². The maximum absolute atomic E-state index is 13.1. The third-order valence-corrected chi connectivity index (χ3v) is 5.56. The molecule has 150 valence electrons. The Morgan fingerprint density at radius 3 is 2.83 bits per heavy atom. The van der Waals surface area contributed by atoms with Gasteiger partial charge in [0.1, 0.15) is 11.3 Å². The number of anilines is 1. The molecular weight excluding hydrogens is 388 g/mol. The molecule has 0 atom stereocenters. The average molecular weight is 410 g/mol. The van der Waals surface area contributed by atoms with Gasteiger partial charge < -0.3 is 9.15 Å². The molecule has 7 nitrogen and oxygen atoms in total. The van der Waals surface area contributed by atoms with Gasteiger partial charge in [0.15, 0.2) is 10.9 Å². The number of fused-ring (bicyclic) bond motifs is 1. The van der Waals surface area contributed by atoms with Crippen molar-refractivity contribution >= 4 is 32.6 Å². The van der Waals surface area contributed by atoms with E-state index in [0.29, 0.717) is 24.8 Å². The molecule has 4 rings (SSSR count). The summed E-state index contributed by atoms with van der Waals surface area (Å²) in [6.07, 6.45) is 1.50. The van der Waals surface area contributed by atoms with Crippen LogP contribution >= 0.6 is 11.3 Å². The number of benzene rings is 1. The minimum absolute atomic E-state index is 0.228. The van der Waals surface area contributed by atoms with E-state index in [-0.39, 0.29) is 11.7 Å². The molecule has 3 heterocycles. The van der Waals surface area contributed by atoms with Crippen LogP contribution in [0.25, 0.3) is 10.2 Å². The molecule has 0 saturated heterocycles. The molecule has 8 heteroatoms. The molecule has 0 saturated carbocycles. The highest BCUT2D eigenvalue weighted by Crippen LogP contribution is 2.34. The van der Waals surface area contributed by atoms with Gasteiger partial charge in [-0.3, -0.25) is 14.4 Å². The number of hydrogen-bond acceptors (Lipinski definition) is 6. The summed E-state index contributed by atoms with van der Waals surface area (Å²) in [7, 11) is 0. The van der Waals surface area contributed by atoms with Gasteiger partial charge in [0.2, 0.25) is 0 Å².